The molecule has 0 radical (unpaired) electrons. The van der Waals surface area contributed by atoms with Crippen molar-refractivity contribution in [3.63, 3.8) is 0 Å². The SMILES string of the molecule is CCOC(=O)c1c(NC(=O)COC(=O)CC2CCCCC2)sc(C)c1C. The molecule has 1 saturated carbocycles. The van der Waals surface area contributed by atoms with Gasteiger partial charge in [-0.3, -0.25) is 9.59 Å². The Morgan fingerprint density at radius 1 is 1.12 bits per heavy atom. The lowest BCUT2D eigenvalue weighted by Gasteiger charge is -2.20. The summed E-state index contributed by atoms with van der Waals surface area (Å²) in [5.74, 6) is -0.874. The molecule has 0 aliphatic heterocycles. The van der Waals surface area contributed by atoms with E-state index in [1.165, 1.54) is 17.8 Å². The number of carbonyl (C=O) groups is 3. The summed E-state index contributed by atoms with van der Waals surface area (Å²) in [4.78, 5) is 37.1. The number of rotatable bonds is 7. The Balaban J connectivity index is 1.88. The first kappa shape index (κ1) is 20.4. The number of anilines is 1. The second-order valence-corrected chi connectivity index (χ2v) is 7.85. The van der Waals surface area contributed by atoms with Crippen LogP contribution in [0.3, 0.4) is 0 Å². The van der Waals surface area contributed by atoms with Crippen molar-refractivity contribution >= 4 is 34.2 Å². The van der Waals surface area contributed by atoms with Gasteiger partial charge in [0.15, 0.2) is 6.61 Å². The largest absolute Gasteiger partial charge is 0.462 e. The quantitative estimate of drug-likeness (QED) is 0.722. The van der Waals surface area contributed by atoms with Gasteiger partial charge < -0.3 is 14.8 Å². The second kappa shape index (κ2) is 9.71. The maximum atomic E-state index is 12.1. The van der Waals surface area contributed by atoms with Crippen molar-refractivity contribution in [1.29, 1.82) is 0 Å². The van der Waals surface area contributed by atoms with Crippen molar-refractivity contribution in [2.45, 2.75) is 59.3 Å². The maximum absolute atomic E-state index is 12.1. The van der Waals surface area contributed by atoms with E-state index < -0.39 is 11.9 Å². The van der Waals surface area contributed by atoms with Crippen LogP contribution in [0.1, 0.15) is 66.2 Å². The van der Waals surface area contributed by atoms with Crippen LogP contribution in [0.25, 0.3) is 0 Å². The predicted molar refractivity (Wildman–Crippen MR) is 101 cm³/mol. The van der Waals surface area contributed by atoms with Gasteiger partial charge >= 0.3 is 11.9 Å². The zero-order valence-corrected chi connectivity index (χ0v) is 16.5. The van der Waals surface area contributed by atoms with Crippen LogP contribution in [-0.4, -0.2) is 31.1 Å². The van der Waals surface area contributed by atoms with Crippen molar-refractivity contribution in [2.75, 3.05) is 18.5 Å². The van der Waals surface area contributed by atoms with E-state index in [4.69, 9.17) is 9.47 Å². The monoisotopic (exact) mass is 381 g/mol. The van der Waals surface area contributed by atoms with Gasteiger partial charge in [0, 0.05) is 11.3 Å². The highest BCUT2D eigenvalue weighted by Crippen LogP contribution is 2.33. The van der Waals surface area contributed by atoms with Crippen molar-refractivity contribution in [1.82, 2.24) is 0 Å². The van der Waals surface area contributed by atoms with Crippen LogP contribution in [0.2, 0.25) is 0 Å². The number of hydrogen-bond donors (Lipinski definition) is 1. The number of hydrogen-bond acceptors (Lipinski definition) is 6. The van der Waals surface area contributed by atoms with E-state index in [0.29, 0.717) is 22.9 Å². The molecule has 1 aliphatic rings. The minimum atomic E-state index is -0.459. The molecule has 1 aromatic rings. The lowest BCUT2D eigenvalue weighted by Crippen LogP contribution is -2.23. The van der Waals surface area contributed by atoms with Gasteiger partial charge in [-0.25, -0.2) is 4.79 Å². The molecule has 0 saturated heterocycles. The maximum Gasteiger partial charge on any atom is 0.341 e. The lowest BCUT2D eigenvalue weighted by molar-refractivity contribution is -0.148. The first-order valence-electron chi connectivity index (χ1n) is 9.15. The molecule has 2 rings (SSSR count). The normalized spacial score (nSPS) is 14.7. The molecule has 1 fully saturated rings. The van der Waals surface area contributed by atoms with E-state index in [2.05, 4.69) is 5.32 Å². The molecule has 0 aromatic carbocycles. The molecule has 1 aromatic heterocycles. The third-order valence-corrected chi connectivity index (χ3v) is 5.78. The Morgan fingerprint density at radius 3 is 2.46 bits per heavy atom. The van der Waals surface area contributed by atoms with Gasteiger partial charge in [-0.2, -0.15) is 0 Å². The number of nitrogens with one attached hydrogen (secondary N) is 1. The van der Waals surface area contributed by atoms with Gasteiger partial charge in [-0.15, -0.1) is 11.3 Å². The summed E-state index contributed by atoms with van der Waals surface area (Å²) >= 11 is 1.31. The van der Waals surface area contributed by atoms with E-state index in [0.717, 1.165) is 36.1 Å². The summed E-state index contributed by atoms with van der Waals surface area (Å²) in [6.07, 6.45) is 6.03. The number of ether oxygens (including phenoxy) is 2. The molecule has 1 heterocycles. The zero-order valence-electron chi connectivity index (χ0n) is 15.7. The van der Waals surface area contributed by atoms with E-state index in [1.807, 2.05) is 13.8 Å². The minimum Gasteiger partial charge on any atom is -0.462 e. The van der Waals surface area contributed by atoms with E-state index in [1.54, 1.807) is 6.92 Å². The third kappa shape index (κ3) is 5.56. The number of carbonyl (C=O) groups excluding carboxylic acids is 3. The Hall–Kier alpha value is -1.89. The number of thiophene rings is 1. The van der Waals surface area contributed by atoms with Crippen LogP contribution < -0.4 is 5.32 Å². The summed E-state index contributed by atoms with van der Waals surface area (Å²) < 4.78 is 10.2. The Bertz CT molecular complexity index is 661. The average Bonchev–Trinajstić information content (AvgIpc) is 2.88. The van der Waals surface area contributed by atoms with Gasteiger partial charge in [0.1, 0.15) is 5.00 Å². The minimum absolute atomic E-state index is 0.263. The first-order chi connectivity index (χ1) is 12.4. The molecule has 26 heavy (non-hydrogen) atoms. The van der Waals surface area contributed by atoms with Crippen molar-refractivity contribution in [3.8, 4) is 0 Å². The van der Waals surface area contributed by atoms with Gasteiger partial charge in [-0.05, 0) is 45.1 Å². The highest BCUT2D eigenvalue weighted by Gasteiger charge is 2.23. The fraction of sp³-hybridized carbons (Fsp3) is 0.632. The number of esters is 2. The van der Waals surface area contributed by atoms with Crippen LogP contribution in [0, 0.1) is 19.8 Å². The van der Waals surface area contributed by atoms with Crippen LogP contribution in [0.5, 0.6) is 0 Å². The summed E-state index contributed by atoms with van der Waals surface area (Å²) in [7, 11) is 0. The summed E-state index contributed by atoms with van der Waals surface area (Å²) in [5.41, 5.74) is 1.16. The van der Waals surface area contributed by atoms with Crippen LogP contribution in [0.15, 0.2) is 0 Å². The molecule has 6 nitrogen and oxygen atoms in total. The number of aryl methyl sites for hydroxylation is 1. The van der Waals surface area contributed by atoms with E-state index in [9.17, 15) is 14.4 Å². The molecule has 0 bridgehead atoms. The molecule has 7 heteroatoms. The summed E-state index contributed by atoms with van der Waals surface area (Å²) in [5, 5.41) is 3.11. The summed E-state index contributed by atoms with van der Waals surface area (Å²) in [6, 6.07) is 0. The third-order valence-electron chi connectivity index (χ3n) is 4.66. The molecule has 1 amide bonds. The second-order valence-electron chi connectivity index (χ2n) is 6.62. The Labute approximate surface area is 158 Å². The molecular weight excluding hydrogens is 354 g/mol. The van der Waals surface area contributed by atoms with Gasteiger partial charge in [-0.1, -0.05) is 19.3 Å². The topological polar surface area (TPSA) is 81.7 Å². The molecule has 1 N–H and O–H groups in total. The van der Waals surface area contributed by atoms with Crippen molar-refractivity contribution in [3.05, 3.63) is 16.0 Å². The average molecular weight is 381 g/mol. The van der Waals surface area contributed by atoms with E-state index in [-0.39, 0.29) is 19.2 Å². The van der Waals surface area contributed by atoms with Gasteiger partial charge in [0.25, 0.3) is 5.91 Å². The fourth-order valence-electron chi connectivity index (χ4n) is 3.16. The molecule has 0 atom stereocenters. The smallest absolute Gasteiger partial charge is 0.341 e. The van der Waals surface area contributed by atoms with E-state index >= 15 is 0 Å². The highest BCUT2D eigenvalue weighted by molar-refractivity contribution is 7.16. The zero-order chi connectivity index (χ0) is 19.1. The van der Waals surface area contributed by atoms with Crippen LogP contribution in [-0.2, 0) is 19.1 Å². The molecule has 0 spiro atoms. The molecule has 0 unspecified atom stereocenters. The first-order valence-corrected chi connectivity index (χ1v) is 9.96. The molecule has 144 valence electrons. The standard InChI is InChI=1S/C19H27NO5S/c1-4-24-19(23)17-12(2)13(3)26-18(17)20-15(21)11-25-16(22)10-14-8-6-5-7-9-14/h14H,4-11H2,1-3H3,(H,20,21). The lowest BCUT2D eigenvalue weighted by atomic mass is 9.87. The van der Waals surface area contributed by atoms with Crippen LogP contribution in [0.4, 0.5) is 5.00 Å². The predicted octanol–water partition coefficient (Wildman–Crippen LogP) is 3.99. The Kier molecular flexibility index (Phi) is 7.63. The highest BCUT2D eigenvalue weighted by atomic mass is 32.1. The molecular formula is C19H27NO5S. The van der Waals surface area contributed by atoms with Gasteiger partial charge in [0.05, 0.1) is 12.2 Å². The Morgan fingerprint density at radius 2 is 1.81 bits per heavy atom. The van der Waals surface area contributed by atoms with Crippen LogP contribution >= 0.6 is 11.3 Å². The number of amides is 1. The van der Waals surface area contributed by atoms with Gasteiger partial charge in [0.2, 0.25) is 0 Å². The molecule has 1 aliphatic carbocycles. The van der Waals surface area contributed by atoms with Crippen molar-refractivity contribution in [2.24, 2.45) is 5.92 Å². The summed E-state index contributed by atoms with van der Waals surface area (Å²) in [6.45, 7) is 5.35. The van der Waals surface area contributed by atoms with Crippen molar-refractivity contribution < 1.29 is 23.9 Å². The fourth-order valence-corrected chi connectivity index (χ4v) is 4.22.